The number of nitrogens with one attached hydrogen (secondary N) is 1. The molecule has 1 aromatic rings. The first-order valence-electron chi connectivity index (χ1n) is 3.70. The second-order valence-electron chi connectivity index (χ2n) is 2.48. The van der Waals surface area contributed by atoms with Gasteiger partial charge in [0.25, 0.3) is 0 Å². The Bertz CT molecular complexity index is 447. The number of anilines is 1. The largest absolute Gasteiger partial charge is 0.368 e. The van der Waals surface area contributed by atoms with Crippen molar-refractivity contribution in [3.63, 3.8) is 0 Å². The zero-order valence-electron chi connectivity index (χ0n) is 7.29. The predicted octanol–water partition coefficient (Wildman–Crippen LogP) is 1.16. The molecule has 0 aliphatic heterocycles. The van der Waals surface area contributed by atoms with Gasteiger partial charge in [-0.3, -0.25) is 4.55 Å². The van der Waals surface area contributed by atoms with Crippen LogP contribution in [0.1, 0.15) is 0 Å². The third-order valence-electron chi connectivity index (χ3n) is 1.49. The number of para-hydroxylation sites is 1. The van der Waals surface area contributed by atoms with E-state index < -0.39 is 16.3 Å². The molecule has 0 saturated carbocycles. The zero-order valence-corrected chi connectivity index (χ0v) is 8.86. The summed E-state index contributed by atoms with van der Waals surface area (Å²) in [5.74, 6) is 0. The summed E-state index contributed by atoms with van der Waals surface area (Å²) in [5, 5.41) is 0. The van der Waals surface area contributed by atoms with Crippen LogP contribution in [0.3, 0.4) is 0 Å². The summed E-state index contributed by atoms with van der Waals surface area (Å²) < 4.78 is 30.7. The molecule has 0 spiro atoms. The Morgan fingerprint density at radius 3 is 2.27 bits per heavy atom. The van der Waals surface area contributed by atoms with Gasteiger partial charge in [-0.1, -0.05) is 18.2 Å². The van der Waals surface area contributed by atoms with Gasteiger partial charge in [0.1, 0.15) is 0 Å². The summed E-state index contributed by atoms with van der Waals surface area (Å²) >= 11 is 4.99. The van der Waals surface area contributed by atoms with Crippen LogP contribution < -0.4 is 9.14 Å². The molecule has 6 nitrogen and oxygen atoms in total. The second-order valence-corrected chi connectivity index (χ2v) is 3.93. The van der Waals surface area contributed by atoms with Crippen molar-refractivity contribution < 1.29 is 17.8 Å². The van der Waals surface area contributed by atoms with Crippen LogP contribution >= 0.6 is 11.8 Å². The molecule has 1 rings (SSSR count). The Labute approximate surface area is 91.4 Å². The van der Waals surface area contributed by atoms with Crippen molar-refractivity contribution in [1.29, 1.82) is 0 Å². The van der Waals surface area contributed by atoms with E-state index in [9.17, 15) is 13.2 Å². The molecule has 0 aliphatic carbocycles. The molecule has 8 heteroatoms. The number of rotatable bonds is 2. The minimum Gasteiger partial charge on any atom is -0.269 e. The Balaban J connectivity index is 3.20. The van der Waals surface area contributed by atoms with Crippen LogP contribution in [0, 0.1) is 0 Å². The first-order valence-corrected chi connectivity index (χ1v) is 5.47. The van der Waals surface area contributed by atoms with Crippen molar-refractivity contribution in [3.05, 3.63) is 30.3 Å². The summed E-state index contributed by atoms with van der Waals surface area (Å²) in [4.78, 5) is 12.7. The zero-order chi connectivity index (χ0) is 11.5. The Kier molecular flexibility index (Phi) is 3.51. The average molecular weight is 251 g/mol. The lowest BCUT2D eigenvalue weighted by Gasteiger charge is -2.16. The van der Waals surface area contributed by atoms with E-state index in [0.29, 0.717) is 0 Å². The van der Waals surface area contributed by atoms with Crippen LogP contribution in [-0.4, -0.2) is 19.0 Å². The second kappa shape index (κ2) is 4.47. The molecular weight excluding hydrogens is 244 g/mol. The maximum Gasteiger partial charge on any atom is 0.368 e. The highest BCUT2D eigenvalue weighted by molar-refractivity contribution is 7.88. The smallest absolute Gasteiger partial charge is 0.269 e. The molecule has 2 N–H and O–H groups in total. The number of amides is 2. The van der Waals surface area contributed by atoms with Gasteiger partial charge in [-0.25, -0.2) is 9.63 Å². The fourth-order valence-corrected chi connectivity index (χ4v) is 1.73. The fourth-order valence-electron chi connectivity index (χ4n) is 0.957. The molecule has 0 heterocycles. The molecule has 0 atom stereocenters. The molecule has 2 amide bonds. The Morgan fingerprint density at radius 1 is 1.33 bits per heavy atom. The number of carbonyl (C=O) groups excluding carboxylic acids is 1. The standard InChI is InChI=1S/C7H7ClN2O4S/c8-9-7(11)10(15(12,13)14)6-4-2-1-3-5-6/h1-5H,(H,9,11)(H,12,13,14). The van der Waals surface area contributed by atoms with Crippen LogP contribution in [-0.2, 0) is 10.3 Å². The molecule has 82 valence electrons. The summed E-state index contributed by atoms with van der Waals surface area (Å²) in [6.45, 7) is 0. The third-order valence-corrected chi connectivity index (χ3v) is 2.49. The number of nitrogens with zero attached hydrogens (tertiary/aromatic N) is 1. The normalized spacial score (nSPS) is 10.8. The SMILES string of the molecule is O=C(NCl)N(c1ccccc1)S(=O)(=O)O. The van der Waals surface area contributed by atoms with Gasteiger partial charge < -0.3 is 0 Å². The highest BCUT2D eigenvalue weighted by Gasteiger charge is 2.26. The summed E-state index contributed by atoms with van der Waals surface area (Å²) in [6.07, 6.45) is 0. The van der Waals surface area contributed by atoms with E-state index in [2.05, 4.69) is 0 Å². The van der Waals surface area contributed by atoms with Crippen molar-refractivity contribution in [2.75, 3.05) is 4.31 Å². The van der Waals surface area contributed by atoms with Gasteiger partial charge in [0.2, 0.25) is 0 Å². The maximum atomic E-state index is 11.1. The lowest BCUT2D eigenvalue weighted by Crippen LogP contribution is -2.40. The number of halogens is 1. The van der Waals surface area contributed by atoms with E-state index in [1.165, 1.54) is 24.3 Å². The molecule has 0 radical (unpaired) electrons. The summed E-state index contributed by atoms with van der Waals surface area (Å²) in [6, 6.07) is 6.15. The fraction of sp³-hybridized carbons (Fsp3) is 0. The van der Waals surface area contributed by atoms with Crippen molar-refractivity contribution in [2.24, 2.45) is 0 Å². The Hall–Kier alpha value is -1.31. The summed E-state index contributed by atoms with van der Waals surface area (Å²) in [5.41, 5.74) is -0.0156. The molecule has 0 aliphatic rings. The highest BCUT2D eigenvalue weighted by Crippen LogP contribution is 2.16. The van der Waals surface area contributed by atoms with Gasteiger partial charge in [-0.15, -0.1) is 0 Å². The number of benzene rings is 1. The molecule has 0 fully saturated rings. The van der Waals surface area contributed by atoms with Gasteiger partial charge in [0, 0.05) is 11.8 Å². The van der Waals surface area contributed by atoms with Crippen LogP contribution in [0.2, 0.25) is 0 Å². The number of urea groups is 1. The number of carbonyl (C=O) groups is 1. The molecule has 0 aromatic heterocycles. The van der Waals surface area contributed by atoms with Gasteiger partial charge in [0.15, 0.2) is 0 Å². The van der Waals surface area contributed by atoms with Crippen molar-refractivity contribution in [2.45, 2.75) is 0 Å². The Morgan fingerprint density at radius 2 is 1.87 bits per heavy atom. The minimum absolute atomic E-state index is 0.0156. The maximum absolute atomic E-state index is 11.1. The molecule has 0 unspecified atom stereocenters. The van der Waals surface area contributed by atoms with E-state index in [-0.39, 0.29) is 9.99 Å². The van der Waals surface area contributed by atoms with E-state index in [1.807, 2.05) is 0 Å². The predicted molar refractivity (Wildman–Crippen MR) is 54.9 cm³/mol. The topological polar surface area (TPSA) is 86.7 Å². The average Bonchev–Trinajstić information content (AvgIpc) is 2.17. The van der Waals surface area contributed by atoms with Crippen molar-refractivity contribution in [3.8, 4) is 0 Å². The van der Waals surface area contributed by atoms with Crippen molar-refractivity contribution in [1.82, 2.24) is 4.84 Å². The van der Waals surface area contributed by atoms with Crippen LogP contribution in [0.5, 0.6) is 0 Å². The molecule has 1 aromatic carbocycles. The molecule has 0 bridgehead atoms. The number of hydrogen-bond donors (Lipinski definition) is 2. The number of hydrogen-bond acceptors (Lipinski definition) is 3. The lowest BCUT2D eigenvalue weighted by molar-refractivity contribution is 0.253. The van der Waals surface area contributed by atoms with Gasteiger partial charge >= 0.3 is 16.3 Å². The van der Waals surface area contributed by atoms with Crippen LogP contribution in [0.4, 0.5) is 10.5 Å². The minimum atomic E-state index is -4.69. The van der Waals surface area contributed by atoms with Crippen LogP contribution in [0.15, 0.2) is 30.3 Å². The van der Waals surface area contributed by atoms with E-state index in [0.717, 1.165) is 0 Å². The van der Waals surface area contributed by atoms with E-state index >= 15 is 0 Å². The molecular formula is C7H7ClN2O4S. The summed E-state index contributed by atoms with van der Waals surface area (Å²) in [7, 11) is -4.69. The molecule has 15 heavy (non-hydrogen) atoms. The van der Waals surface area contributed by atoms with Gasteiger partial charge in [-0.2, -0.15) is 12.7 Å². The van der Waals surface area contributed by atoms with E-state index in [4.69, 9.17) is 16.3 Å². The first kappa shape index (κ1) is 11.8. The van der Waals surface area contributed by atoms with E-state index in [1.54, 1.807) is 10.9 Å². The van der Waals surface area contributed by atoms with Crippen molar-refractivity contribution >= 4 is 33.8 Å². The molecule has 0 saturated heterocycles. The van der Waals surface area contributed by atoms with Crippen LogP contribution in [0.25, 0.3) is 0 Å². The lowest BCUT2D eigenvalue weighted by atomic mass is 10.3. The third kappa shape index (κ3) is 2.82. The van der Waals surface area contributed by atoms with Gasteiger partial charge in [0.05, 0.1) is 5.69 Å². The monoisotopic (exact) mass is 250 g/mol. The highest BCUT2D eigenvalue weighted by atomic mass is 35.5. The first-order chi connectivity index (χ1) is 6.96. The van der Waals surface area contributed by atoms with Gasteiger partial charge in [-0.05, 0) is 12.1 Å². The quantitative estimate of drug-likeness (QED) is 0.609.